The van der Waals surface area contributed by atoms with Crippen molar-refractivity contribution < 1.29 is 0 Å². The first kappa shape index (κ1) is 49.1. The number of nitrogens with zero attached hydrogens (tertiary/aromatic N) is 1. The van der Waals surface area contributed by atoms with Crippen molar-refractivity contribution in [1.82, 2.24) is 0 Å². The molecule has 5 aliphatic rings. The van der Waals surface area contributed by atoms with Crippen molar-refractivity contribution >= 4 is 46.6 Å². The zero-order valence-corrected chi connectivity index (χ0v) is 47.9. The molecule has 0 saturated carbocycles. The summed E-state index contributed by atoms with van der Waals surface area (Å²) in [4.78, 5) is 2.72. The van der Waals surface area contributed by atoms with Crippen LogP contribution in [0.1, 0.15) is 191 Å². The highest BCUT2D eigenvalue weighted by atomic mass is 15.2. The summed E-state index contributed by atoms with van der Waals surface area (Å²) in [6.45, 7) is 39.1. The highest BCUT2D eigenvalue weighted by Crippen LogP contribution is 2.55. The Labute approximate surface area is 446 Å². The SMILES string of the molecule is Cc1cccc(C)c1-c1cc(-c2cc3c(cc2Nc2ccc4c(c2)C(C)(C)CCC4(C)C)-c2ccccc2C3(C)C)c2c(c1)N(c1ccc3c(c1)C(C)(C)CCC3(C)C)c1cc3c(cc1B2)C(C)(C)CCC3(C)C. The Morgan fingerprint density at radius 1 is 0.405 bits per heavy atom. The standard InChI is InChI=1S/C71H81BN2/c1-42-20-19-21-43(2)63(42)44-34-50(49-38-54-48(47-22-17-18-23-51(47)71(54,15)16)39-60(49)73-45-24-26-52-55(36-45)67(7,8)30-28-65(52,3)4)64-62(35-44)74(46-25-27-53-56(37-46)68(9,10)31-29-66(53,5)6)61-41-58-57(40-59(61)72-64)69(11,12)32-33-70(58,13)14/h17-27,34-41,72-73H,28-33H2,1-16H3. The summed E-state index contributed by atoms with van der Waals surface area (Å²) >= 11 is 0. The van der Waals surface area contributed by atoms with Crippen LogP contribution in [0.3, 0.4) is 0 Å². The average Bonchev–Trinajstić information content (AvgIpc) is 3.58. The molecule has 4 aliphatic carbocycles. The number of hydrogen-bond donors (Lipinski definition) is 1. The summed E-state index contributed by atoms with van der Waals surface area (Å²) in [6, 6.07) is 46.5. The molecule has 7 aromatic carbocycles. The van der Waals surface area contributed by atoms with Crippen molar-refractivity contribution in [2.24, 2.45) is 0 Å². The van der Waals surface area contributed by atoms with Gasteiger partial charge in [-0.25, -0.2) is 0 Å². The number of nitrogens with one attached hydrogen (secondary N) is 1. The molecule has 1 heterocycles. The Morgan fingerprint density at radius 2 is 0.946 bits per heavy atom. The summed E-state index contributed by atoms with van der Waals surface area (Å²) < 4.78 is 0. The van der Waals surface area contributed by atoms with Crippen LogP contribution < -0.4 is 21.1 Å². The smallest absolute Gasteiger partial charge is 0.198 e. The Hall–Kier alpha value is -5.80. The molecule has 12 rings (SSSR count). The number of rotatable bonds is 5. The van der Waals surface area contributed by atoms with Gasteiger partial charge >= 0.3 is 0 Å². The Bertz CT molecular complexity index is 3490. The molecule has 74 heavy (non-hydrogen) atoms. The molecule has 0 spiro atoms. The third-order valence-corrected chi connectivity index (χ3v) is 20.1. The highest BCUT2D eigenvalue weighted by molar-refractivity contribution is 6.73. The summed E-state index contributed by atoms with van der Waals surface area (Å²) in [5.41, 5.74) is 31.6. The number of anilines is 5. The van der Waals surface area contributed by atoms with Crippen molar-refractivity contribution in [3.8, 4) is 33.4 Å². The van der Waals surface area contributed by atoms with E-state index in [4.69, 9.17) is 0 Å². The molecule has 0 aromatic heterocycles. The van der Waals surface area contributed by atoms with Gasteiger partial charge in [0, 0.05) is 39.4 Å². The van der Waals surface area contributed by atoms with Crippen molar-refractivity contribution in [1.29, 1.82) is 0 Å². The van der Waals surface area contributed by atoms with Gasteiger partial charge in [0.25, 0.3) is 0 Å². The second-order valence-electron chi connectivity index (χ2n) is 28.4. The molecule has 0 radical (unpaired) electrons. The lowest BCUT2D eigenvalue weighted by molar-refractivity contribution is 0.332. The van der Waals surface area contributed by atoms with E-state index in [1.165, 1.54) is 156 Å². The van der Waals surface area contributed by atoms with Crippen molar-refractivity contribution in [3.05, 3.63) is 171 Å². The maximum absolute atomic E-state index is 4.22. The van der Waals surface area contributed by atoms with Crippen molar-refractivity contribution in [2.75, 3.05) is 10.2 Å². The topological polar surface area (TPSA) is 15.3 Å². The van der Waals surface area contributed by atoms with Crippen LogP contribution in [0, 0.1) is 13.8 Å². The van der Waals surface area contributed by atoms with Crippen LogP contribution in [-0.2, 0) is 37.9 Å². The van der Waals surface area contributed by atoms with Gasteiger partial charge in [-0.15, -0.1) is 0 Å². The van der Waals surface area contributed by atoms with Crippen LogP contribution in [0.5, 0.6) is 0 Å². The molecule has 2 nitrogen and oxygen atoms in total. The molecule has 0 fully saturated rings. The van der Waals surface area contributed by atoms with Gasteiger partial charge in [-0.05, 0) is 228 Å². The summed E-state index contributed by atoms with van der Waals surface area (Å²) in [5.74, 6) is 0. The monoisotopic (exact) mass is 973 g/mol. The van der Waals surface area contributed by atoms with E-state index in [1.807, 2.05) is 0 Å². The van der Waals surface area contributed by atoms with E-state index < -0.39 is 0 Å². The van der Waals surface area contributed by atoms with Crippen LogP contribution >= 0.6 is 0 Å². The van der Waals surface area contributed by atoms with Crippen LogP contribution in [0.2, 0.25) is 0 Å². The van der Waals surface area contributed by atoms with Crippen molar-refractivity contribution in [3.63, 3.8) is 0 Å². The molecule has 7 aromatic rings. The number of aryl methyl sites for hydroxylation is 2. The average molecular weight is 973 g/mol. The molecule has 378 valence electrons. The largest absolute Gasteiger partial charge is 0.355 e. The van der Waals surface area contributed by atoms with Gasteiger partial charge in [0.1, 0.15) is 0 Å². The molecule has 3 heteroatoms. The Balaban J connectivity index is 1.18. The molecule has 0 bridgehead atoms. The number of hydrogen-bond acceptors (Lipinski definition) is 2. The maximum Gasteiger partial charge on any atom is 0.198 e. The highest BCUT2D eigenvalue weighted by Gasteiger charge is 2.43. The first-order valence-electron chi connectivity index (χ1n) is 28.3. The molecule has 0 saturated heterocycles. The Kier molecular flexibility index (Phi) is 10.7. The second-order valence-corrected chi connectivity index (χ2v) is 28.4. The second kappa shape index (κ2) is 16.1. The quantitative estimate of drug-likeness (QED) is 0.173. The molecular weight excluding hydrogens is 892 g/mol. The lowest BCUT2D eigenvalue weighted by Gasteiger charge is -2.45. The first-order chi connectivity index (χ1) is 34.7. The van der Waals surface area contributed by atoms with Gasteiger partial charge in [-0.1, -0.05) is 163 Å². The number of benzene rings is 7. The van der Waals surface area contributed by atoms with Gasteiger partial charge in [-0.2, -0.15) is 0 Å². The minimum absolute atomic E-state index is 0.0620. The first-order valence-corrected chi connectivity index (χ1v) is 28.3. The van der Waals surface area contributed by atoms with Crippen LogP contribution in [0.25, 0.3) is 33.4 Å². The van der Waals surface area contributed by atoms with Crippen LogP contribution in [0.15, 0.2) is 115 Å². The minimum Gasteiger partial charge on any atom is -0.355 e. The third kappa shape index (κ3) is 7.46. The Morgan fingerprint density at radius 3 is 1.57 bits per heavy atom. The van der Waals surface area contributed by atoms with E-state index in [0.29, 0.717) is 0 Å². The fourth-order valence-electron chi connectivity index (χ4n) is 14.9. The van der Waals surface area contributed by atoms with E-state index >= 15 is 0 Å². The molecule has 0 amide bonds. The molecular formula is C71H81BN2. The molecule has 0 atom stereocenters. The predicted molar refractivity (Wildman–Crippen MR) is 321 cm³/mol. The predicted octanol–water partition coefficient (Wildman–Crippen LogP) is 17.9. The summed E-state index contributed by atoms with van der Waals surface area (Å²) in [5, 5.41) is 4.22. The minimum atomic E-state index is -0.176. The molecule has 1 aliphatic heterocycles. The van der Waals surface area contributed by atoms with E-state index in [2.05, 4.69) is 236 Å². The van der Waals surface area contributed by atoms with Gasteiger partial charge in [-0.3, -0.25) is 0 Å². The fraction of sp³-hybridized carbons (Fsp3) is 0.408. The van der Waals surface area contributed by atoms with Gasteiger partial charge < -0.3 is 10.2 Å². The molecule has 0 unspecified atom stereocenters. The lowest BCUT2D eigenvalue weighted by Crippen LogP contribution is -2.44. The molecule has 1 N–H and O–H groups in total. The maximum atomic E-state index is 4.22. The van der Waals surface area contributed by atoms with Crippen LogP contribution in [0.4, 0.5) is 28.4 Å². The zero-order valence-electron chi connectivity index (χ0n) is 47.9. The normalized spacial score (nSPS) is 20.1. The van der Waals surface area contributed by atoms with E-state index in [-0.39, 0.29) is 37.9 Å². The van der Waals surface area contributed by atoms with Crippen LogP contribution in [-0.4, -0.2) is 7.28 Å². The van der Waals surface area contributed by atoms with E-state index in [1.54, 1.807) is 0 Å². The third-order valence-electron chi connectivity index (χ3n) is 20.1. The number of fused-ring (bicyclic) bond motifs is 8. The van der Waals surface area contributed by atoms with E-state index in [9.17, 15) is 0 Å². The van der Waals surface area contributed by atoms with Gasteiger partial charge in [0.2, 0.25) is 0 Å². The summed E-state index contributed by atoms with van der Waals surface area (Å²) in [7, 11) is 0.846. The van der Waals surface area contributed by atoms with E-state index in [0.717, 1.165) is 18.7 Å². The summed E-state index contributed by atoms with van der Waals surface area (Å²) in [6.07, 6.45) is 7.12. The zero-order chi connectivity index (χ0) is 52.4. The van der Waals surface area contributed by atoms with Gasteiger partial charge in [0.15, 0.2) is 7.28 Å². The van der Waals surface area contributed by atoms with Gasteiger partial charge in [0.05, 0.1) is 0 Å². The van der Waals surface area contributed by atoms with Crippen molar-refractivity contribution in [2.45, 2.75) is 187 Å². The lowest BCUT2D eigenvalue weighted by atomic mass is 9.55. The fourth-order valence-corrected chi connectivity index (χ4v) is 14.9.